The van der Waals surface area contributed by atoms with E-state index >= 15 is 0 Å². The van der Waals surface area contributed by atoms with Crippen molar-refractivity contribution in [1.82, 2.24) is 0 Å². The molecule has 3 aromatic carbocycles. The number of para-hydroxylation sites is 2. The predicted octanol–water partition coefficient (Wildman–Crippen LogP) is 5.35. The Morgan fingerprint density at radius 2 is 1.52 bits per heavy atom. The van der Waals surface area contributed by atoms with Gasteiger partial charge in [0.2, 0.25) is 5.78 Å². The second kappa shape index (κ2) is 7.69. The van der Waals surface area contributed by atoms with Gasteiger partial charge in [-0.3, -0.25) is 4.79 Å². The molecule has 3 aromatic rings. The SMILES string of the molecule is O=C(/C(=C/c1ccc(Cl)cc1)Oc1ccccc1O)c1ccccc1. The first-order valence-corrected chi connectivity index (χ1v) is 8.04. The van der Waals surface area contributed by atoms with Gasteiger partial charge < -0.3 is 9.84 Å². The molecule has 3 rings (SSSR count). The van der Waals surface area contributed by atoms with Crippen molar-refractivity contribution in [3.8, 4) is 11.5 Å². The molecule has 0 radical (unpaired) electrons. The normalized spacial score (nSPS) is 11.2. The van der Waals surface area contributed by atoms with Crippen LogP contribution in [-0.2, 0) is 0 Å². The number of phenolic OH excluding ortho intramolecular Hbond substituents is 1. The van der Waals surface area contributed by atoms with E-state index in [0.29, 0.717) is 10.6 Å². The van der Waals surface area contributed by atoms with Crippen molar-refractivity contribution < 1.29 is 14.6 Å². The fraction of sp³-hybridized carbons (Fsp3) is 0. The van der Waals surface area contributed by atoms with Crippen molar-refractivity contribution in [2.24, 2.45) is 0 Å². The third-order valence-electron chi connectivity index (χ3n) is 3.51. The van der Waals surface area contributed by atoms with Crippen LogP contribution in [0.2, 0.25) is 5.02 Å². The molecular formula is C21H15ClO3. The standard InChI is InChI=1S/C21H15ClO3/c22-17-12-10-15(11-13-17)14-20(21(24)16-6-2-1-3-7-16)25-19-9-5-4-8-18(19)23/h1-14,23H/b20-14-. The molecule has 0 aliphatic heterocycles. The number of halogens is 1. The highest BCUT2D eigenvalue weighted by atomic mass is 35.5. The third-order valence-corrected chi connectivity index (χ3v) is 3.76. The molecule has 0 atom stereocenters. The zero-order valence-corrected chi connectivity index (χ0v) is 14.0. The molecule has 124 valence electrons. The van der Waals surface area contributed by atoms with E-state index in [0.717, 1.165) is 5.56 Å². The van der Waals surface area contributed by atoms with Gasteiger partial charge in [0, 0.05) is 10.6 Å². The van der Waals surface area contributed by atoms with Crippen molar-refractivity contribution in [1.29, 1.82) is 0 Å². The van der Waals surface area contributed by atoms with Crippen LogP contribution in [0.1, 0.15) is 15.9 Å². The molecule has 25 heavy (non-hydrogen) atoms. The van der Waals surface area contributed by atoms with Gasteiger partial charge >= 0.3 is 0 Å². The molecule has 0 heterocycles. The summed E-state index contributed by atoms with van der Waals surface area (Å²) in [5.74, 6) is 0.00573. The minimum absolute atomic E-state index is 0.0367. The van der Waals surface area contributed by atoms with E-state index in [1.807, 2.05) is 6.07 Å². The average molecular weight is 351 g/mol. The topological polar surface area (TPSA) is 46.5 Å². The third kappa shape index (κ3) is 4.28. The summed E-state index contributed by atoms with van der Waals surface area (Å²) in [5.41, 5.74) is 1.26. The lowest BCUT2D eigenvalue weighted by Gasteiger charge is -2.11. The van der Waals surface area contributed by atoms with Gasteiger partial charge in [-0.15, -0.1) is 0 Å². The lowest BCUT2D eigenvalue weighted by atomic mass is 10.1. The van der Waals surface area contributed by atoms with E-state index < -0.39 is 0 Å². The number of hydrogen-bond donors (Lipinski definition) is 1. The second-order valence-electron chi connectivity index (χ2n) is 5.33. The molecule has 4 heteroatoms. The fourth-order valence-corrected chi connectivity index (χ4v) is 2.37. The van der Waals surface area contributed by atoms with Crippen LogP contribution in [-0.4, -0.2) is 10.9 Å². The van der Waals surface area contributed by atoms with Gasteiger partial charge in [0.1, 0.15) is 0 Å². The Bertz CT molecular complexity index is 900. The number of hydrogen-bond acceptors (Lipinski definition) is 3. The lowest BCUT2D eigenvalue weighted by molar-refractivity contribution is 0.0987. The maximum absolute atomic E-state index is 12.8. The van der Waals surface area contributed by atoms with Gasteiger partial charge in [0.05, 0.1) is 0 Å². The Morgan fingerprint density at radius 1 is 0.880 bits per heavy atom. The van der Waals surface area contributed by atoms with Crippen molar-refractivity contribution in [2.45, 2.75) is 0 Å². The summed E-state index contributed by atoms with van der Waals surface area (Å²) in [5, 5.41) is 10.5. The van der Waals surface area contributed by atoms with E-state index in [-0.39, 0.29) is 23.0 Å². The molecule has 3 nitrogen and oxygen atoms in total. The first-order chi connectivity index (χ1) is 12.1. The number of carbonyl (C=O) groups is 1. The first kappa shape index (κ1) is 16.8. The van der Waals surface area contributed by atoms with Gasteiger partial charge in [-0.1, -0.05) is 66.2 Å². The number of carbonyl (C=O) groups excluding carboxylic acids is 1. The highest BCUT2D eigenvalue weighted by molar-refractivity contribution is 6.30. The molecule has 0 bridgehead atoms. The number of benzene rings is 3. The molecule has 0 aliphatic carbocycles. The minimum Gasteiger partial charge on any atom is -0.504 e. The summed E-state index contributed by atoms with van der Waals surface area (Å²) in [7, 11) is 0. The highest BCUT2D eigenvalue weighted by Crippen LogP contribution is 2.28. The zero-order chi connectivity index (χ0) is 17.6. The number of allylic oxidation sites excluding steroid dienone is 1. The Hall–Kier alpha value is -3.04. The molecule has 0 saturated carbocycles. The van der Waals surface area contributed by atoms with Crippen LogP contribution < -0.4 is 4.74 Å². The van der Waals surface area contributed by atoms with E-state index in [9.17, 15) is 9.90 Å². The Kier molecular flexibility index (Phi) is 5.17. The van der Waals surface area contributed by atoms with E-state index in [1.165, 1.54) is 6.07 Å². The second-order valence-corrected chi connectivity index (χ2v) is 5.76. The zero-order valence-electron chi connectivity index (χ0n) is 13.2. The summed E-state index contributed by atoms with van der Waals surface area (Å²) in [4.78, 5) is 12.8. The van der Waals surface area contributed by atoms with Crippen molar-refractivity contribution in [2.75, 3.05) is 0 Å². The van der Waals surface area contributed by atoms with E-state index in [1.54, 1.807) is 72.8 Å². The Morgan fingerprint density at radius 3 is 2.20 bits per heavy atom. The Labute approximate surface area is 150 Å². The Balaban J connectivity index is 2.00. The van der Waals surface area contributed by atoms with Gasteiger partial charge in [0.15, 0.2) is 17.3 Å². The van der Waals surface area contributed by atoms with Crippen LogP contribution in [0.4, 0.5) is 0 Å². The monoisotopic (exact) mass is 350 g/mol. The molecule has 1 N–H and O–H groups in total. The number of Topliss-reactive ketones (excluding diaryl/α,β-unsaturated/α-hetero) is 1. The molecule has 0 aliphatic rings. The summed E-state index contributed by atoms with van der Waals surface area (Å²) in [6, 6.07) is 22.4. The van der Waals surface area contributed by atoms with Crippen molar-refractivity contribution in [3.05, 3.63) is 101 Å². The molecule has 0 spiro atoms. The molecule has 0 unspecified atom stereocenters. The maximum Gasteiger partial charge on any atom is 0.228 e. The first-order valence-electron chi connectivity index (χ1n) is 7.66. The smallest absolute Gasteiger partial charge is 0.228 e. The lowest BCUT2D eigenvalue weighted by Crippen LogP contribution is -2.09. The van der Waals surface area contributed by atoms with Crippen LogP contribution in [0.15, 0.2) is 84.6 Å². The predicted molar refractivity (Wildman–Crippen MR) is 98.9 cm³/mol. The molecule has 0 amide bonds. The van der Waals surface area contributed by atoms with Crippen LogP contribution in [0.3, 0.4) is 0 Å². The molecule has 0 saturated heterocycles. The highest BCUT2D eigenvalue weighted by Gasteiger charge is 2.16. The quantitative estimate of drug-likeness (QED) is 0.383. The van der Waals surface area contributed by atoms with Gasteiger partial charge in [-0.05, 0) is 35.9 Å². The number of ether oxygens (including phenoxy) is 1. The number of phenols is 1. The van der Waals surface area contributed by atoms with Crippen LogP contribution in [0.5, 0.6) is 11.5 Å². The van der Waals surface area contributed by atoms with Crippen LogP contribution in [0, 0.1) is 0 Å². The maximum atomic E-state index is 12.8. The van der Waals surface area contributed by atoms with Crippen molar-refractivity contribution >= 4 is 23.5 Å². The van der Waals surface area contributed by atoms with Gasteiger partial charge in [0.25, 0.3) is 0 Å². The molecule has 0 aromatic heterocycles. The van der Waals surface area contributed by atoms with Crippen LogP contribution >= 0.6 is 11.6 Å². The van der Waals surface area contributed by atoms with Gasteiger partial charge in [-0.2, -0.15) is 0 Å². The molecule has 0 fully saturated rings. The van der Waals surface area contributed by atoms with E-state index in [4.69, 9.17) is 16.3 Å². The largest absolute Gasteiger partial charge is 0.504 e. The number of rotatable bonds is 5. The minimum atomic E-state index is -0.279. The van der Waals surface area contributed by atoms with Crippen LogP contribution in [0.25, 0.3) is 6.08 Å². The van der Waals surface area contributed by atoms with E-state index in [2.05, 4.69) is 0 Å². The molecular weight excluding hydrogens is 336 g/mol. The average Bonchev–Trinajstić information content (AvgIpc) is 2.65. The van der Waals surface area contributed by atoms with Gasteiger partial charge in [-0.25, -0.2) is 0 Å². The summed E-state index contributed by atoms with van der Waals surface area (Å²) >= 11 is 5.91. The summed E-state index contributed by atoms with van der Waals surface area (Å²) in [6.45, 7) is 0. The summed E-state index contributed by atoms with van der Waals surface area (Å²) < 4.78 is 5.72. The number of aromatic hydroxyl groups is 1. The number of ketones is 1. The fourth-order valence-electron chi connectivity index (χ4n) is 2.25. The summed E-state index contributed by atoms with van der Waals surface area (Å²) in [6.07, 6.45) is 1.62. The van der Waals surface area contributed by atoms with Crippen molar-refractivity contribution in [3.63, 3.8) is 0 Å².